The van der Waals surface area contributed by atoms with E-state index in [1.165, 1.54) is 0 Å². The van der Waals surface area contributed by atoms with Crippen molar-refractivity contribution in [3.8, 4) is 0 Å². The van der Waals surface area contributed by atoms with E-state index < -0.39 is 10.0 Å². The second-order valence-corrected chi connectivity index (χ2v) is 5.10. The fraction of sp³-hybridized carbons (Fsp3) is 0.400. The Morgan fingerprint density at radius 2 is 1.87 bits per heavy atom. The largest absolute Gasteiger partial charge is 0.395 e. The molecular formula is C10H15NO3S. The predicted octanol–water partition coefficient (Wildman–Crippen LogP) is 0.141. The third-order valence-corrected chi connectivity index (χ3v) is 3.30. The van der Waals surface area contributed by atoms with Crippen molar-refractivity contribution in [2.45, 2.75) is 6.42 Å². The Morgan fingerprint density at radius 3 is 2.47 bits per heavy atom. The van der Waals surface area contributed by atoms with Gasteiger partial charge in [0, 0.05) is 6.54 Å². The van der Waals surface area contributed by atoms with E-state index in [2.05, 4.69) is 4.72 Å². The van der Waals surface area contributed by atoms with Crippen LogP contribution in [0.2, 0.25) is 0 Å². The lowest BCUT2D eigenvalue weighted by Gasteiger charge is -2.04. The summed E-state index contributed by atoms with van der Waals surface area (Å²) in [5, 5.41) is 8.50. The van der Waals surface area contributed by atoms with Crippen molar-refractivity contribution in [2.75, 3.05) is 18.9 Å². The third-order valence-electron chi connectivity index (χ3n) is 1.94. The van der Waals surface area contributed by atoms with Gasteiger partial charge in [0.2, 0.25) is 10.0 Å². The van der Waals surface area contributed by atoms with Crippen molar-refractivity contribution in [3.05, 3.63) is 35.9 Å². The van der Waals surface area contributed by atoms with Crippen molar-refractivity contribution in [2.24, 2.45) is 0 Å². The van der Waals surface area contributed by atoms with Crippen LogP contribution < -0.4 is 4.72 Å². The maximum Gasteiger partial charge on any atom is 0.213 e. The minimum absolute atomic E-state index is 0.234. The van der Waals surface area contributed by atoms with Crippen molar-refractivity contribution < 1.29 is 13.5 Å². The van der Waals surface area contributed by atoms with Gasteiger partial charge in [-0.1, -0.05) is 30.3 Å². The van der Waals surface area contributed by atoms with Crippen molar-refractivity contribution in [1.29, 1.82) is 0 Å². The SMILES string of the molecule is O=S(=O)(CCO)NCCc1ccccc1. The number of benzene rings is 1. The van der Waals surface area contributed by atoms with Crippen LogP contribution >= 0.6 is 0 Å². The maximum atomic E-state index is 11.1. The van der Waals surface area contributed by atoms with E-state index in [4.69, 9.17) is 5.11 Å². The van der Waals surface area contributed by atoms with Gasteiger partial charge in [-0.25, -0.2) is 13.1 Å². The molecule has 0 heterocycles. The molecule has 4 nitrogen and oxygen atoms in total. The number of sulfonamides is 1. The lowest BCUT2D eigenvalue weighted by Crippen LogP contribution is -2.29. The Labute approximate surface area is 90.0 Å². The Bertz CT molecular complexity index is 375. The highest BCUT2D eigenvalue weighted by Crippen LogP contribution is 1.98. The molecule has 0 saturated heterocycles. The van der Waals surface area contributed by atoms with Crippen LogP contribution in [0.3, 0.4) is 0 Å². The molecule has 0 fully saturated rings. The van der Waals surface area contributed by atoms with E-state index in [-0.39, 0.29) is 12.4 Å². The van der Waals surface area contributed by atoms with Crippen LogP contribution in [-0.2, 0) is 16.4 Å². The molecule has 0 saturated carbocycles. The second-order valence-electron chi connectivity index (χ2n) is 3.17. The molecule has 1 aromatic rings. The van der Waals surface area contributed by atoms with Crippen LogP contribution in [0, 0.1) is 0 Å². The van der Waals surface area contributed by atoms with Gasteiger partial charge in [-0.3, -0.25) is 0 Å². The zero-order chi connectivity index (χ0) is 11.1. The van der Waals surface area contributed by atoms with E-state index >= 15 is 0 Å². The summed E-state index contributed by atoms with van der Waals surface area (Å²) in [5.74, 6) is -0.234. The molecular weight excluding hydrogens is 214 g/mol. The van der Waals surface area contributed by atoms with Gasteiger partial charge in [-0.2, -0.15) is 0 Å². The van der Waals surface area contributed by atoms with Crippen molar-refractivity contribution in [3.63, 3.8) is 0 Å². The van der Waals surface area contributed by atoms with Gasteiger partial charge in [-0.05, 0) is 12.0 Å². The summed E-state index contributed by atoms with van der Waals surface area (Å²) < 4.78 is 24.7. The van der Waals surface area contributed by atoms with Gasteiger partial charge in [0.25, 0.3) is 0 Å². The molecule has 15 heavy (non-hydrogen) atoms. The summed E-state index contributed by atoms with van der Waals surface area (Å²) in [7, 11) is -3.30. The van der Waals surface area contributed by atoms with Gasteiger partial charge < -0.3 is 5.11 Å². The maximum absolute atomic E-state index is 11.1. The summed E-state index contributed by atoms with van der Waals surface area (Å²) in [5.41, 5.74) is 1.09. The zero-order valence-electron chi connectivity index (χ0n) is 8.39. The molecule has 0 amide bonds. The first-order valence-electron chi connectivity index (χ1n) is 4.76. The molecule has 0 aliphatic heterocycles. The van der Waals surface area contributed by atoms with Gasteiger partial charge in [0.05, 0.1) is 12.4 Å². The highest BCUT2D eigenvalue weighted by atomic mass is 32.2. The second kappa shape index (κ2) is 5.85. The fourth-order valence-electron chi connectivity index (χ4n) is 1.19. The number of aliphatic hydroxyl groups excluding tert-OH is 1. The van der Waals surface area contributed by atoms with E-state index in [1.54, 1.807) is 0 Å². The topological polar surface area (TPSA) is 66.4 Å². The molecule has 1 aromatic carbocycles. The van der Waals surface area contributed by atoms with Crippen LogP contribution in [0.4, 0.5) is 0 Å². The molecule has 0 unspecified atom stereocenters. The number of rotatable bonds is 6. The van der Waals surface area contributed by atoms with E-state index in [0.29, 0.717) is 13.0 Å². The molecule has 0 spiro atoms. The predicted molar refractivity (Wildman–Crippen MR) is 59.0 cm³/mol. The minimum Gasteiger partial charge on any atom is -0.395 e. The first-order valence-corrected chi connectivity index (χ1v) is 6.41. The molecule has 2 N–H and O–H groups in total. The van der Waals surface area contributed by atoms with Gasteiger partial charge in [-0.15, -0.1) is 0 Å². The van der Waals surface area contributed by atoms with Crippen molar-refractivity contribution >= 4 is 10.0 Å². The molecule has 0 atom stereocenters. The molecule has 0 aliphatic carbocycles. The summed E-state index contributed by atoms with van der Waals surface area (Å²) in [4.78, 5) is 0. The van der Waals surface area contributed by atoms with Gasteiger partial charge in [0.1, 0.15) is 0 Å². The average Bonchev–Trinajstić information content (AvgIpc) is 2.19. The third kappa shape index (κ3) is 4.92. The Morgan fingerprint density at radius 1 is 1.20 bits per heavy atom. The standard InChI is InChI=1S/C10H15NO3S/c12-8-9-15(13,14)11-7-6-10-4-2-1-3-5-10/h1-5,11-12H,6-9H2. The molecule has 1 rings (SSSR count). The smallest absolute Gasteiger partial charge is 0.213 e. The summed E-state index contributed by atoms with van der Waals surface area (Å²) in [6, 6.07) is 9.63. The van der Waals surface area contributed by atoms with E-state index in [0.717, 1.165) is 5.56 Å². The summed E-state index contributed by atoms with van der Waals surface area (Å²) >= 11 is 0. The van der Waals surface area contributed by atoms with Crippen molar-refractivity contribution in [1.82, 2.24) is 4.72 Å². The molecule has 84 valence electrons. The Hall–Kier alpha value is -0.910. The first kappa shape index (κ1) is 12.2. The van der Waals surface area contributed by atoms with Gasteiger partial charge in [0.15, 0.2) is 0 Å². The Kier molecular flexibility index (Phi) is 4.74. The minimum atomic E-state index is -3.30. The fourth-order valence-corrected chi connectivity index (χ4v) is 1.99. The van der Waals surface area contributed by atoms with Crippen LogP contribution in [-0.4, -0.2) is 32.4 Å². The first-order chi connectivity index (χ1) is 7.14. The molecule has 0 radical (unpaired) electrons. The number of aliphatic hydroxyl groups is 1. The quantitative estimate of drug-likeness (QED) is 0.729. The summed E-state index contributed by atoms with van der Waals surface area (Å²) in [6.45, 7) is 0.0209. The van der Waals surface area contributed by atoms with Crippen LogP contribution in [0.5, 0.6) is 0 Å². The zero-order valence-corrected chi connectivity index (χ0v) is 9.20. The molecule has 0 aromatic heterocycles. The Balaban J connectivity index is 2.34. The van der Waals surface area contributed by atoms with E-state index in [9.17, 15) is 8.42 Å². The highest BCUT2D eigenvalue weighted by molar-refractivity contribution is 7.89. The van der Waals surface area contributed by atoms with E-state index in [1.807, 2.05) is 30.3 Å². The summed E-state index contributed by atoms with van der Waals surface area (Å²) in [6.07, 6.45) is 0.658. The monoisotopic (exact) mass is 229 g/mol. The number of hydrogen-bond donors (Lipinski definition) is 2. The molecule has 5 heteroatoms. The molecule has 0 bridgehead atoms. The van der Waals surface area contributed by atoms with Crippen LogP contribution in [0.1, 0.15) is 5.56 Å². The molecule has 0 aliphatic rings. The normalized spacial score (nSPS) is 11.5. The van der Waals surface area contributed by atoms with Gasteiger partial charge >= 0.3 is 0 Å². The average molecular weight is 229 g/mol. The lowest BCUT2D eigenvalue weighted by atomic mass is 10.2. The number of hydrogen-bond acceptors (Lipinski definition) is 3. The lowest BCUT2D eigenvalue weighted by molar-refractivity contribution is 0.319. The van der Waals surface area contributed by atoms with Crippen LogP contribution in [0.25, 0.3) is 0 Å². The van der Waals surface area contributed by atoms with Crippen LogP contribution in [0.15, 0.2) is 30.3 Å². The number of nitrogens with one attached hydrogen (secondary N) is 1. The highest BCUT2D eigenvalue weighted by Gasteiger charge is 2.07.